The number of thiazole rings is 1. The third kappa shape index (κ3) is 1.82. The molecule has 0 unspecified atom stereocenters. The summed E-state index contributed by atoms with van der Waals surface area (Å²) in [5.41, 5.74) is 7.94. The van der Waals surface area contributed by atoms with Crippen LogP contribution in [0.4, 0.5) is 5.69 Å². The molecule has 0 aliphatic rings. The van der Waals surface area contributed by atoms with E-state index in [-0.39, 0.29) is 0 Å². The fraction of sp³-hybridized carbons (Fsp3) is 0. The number of nitrogens with zero attached hydrogens (tertiary/aromatic N) is 2. The SMILES string of the molecule is Nc1c(Cl)ccc(Cl)c1-c1nc2cnccc2s1. The van der Waals surface area contributed by atoms with Gasteiger partial charge in [-0.3, -0.25) is 4.98 Å². The fourth-order valence-electron chi connectivity index (χ4n) is 1.67. The van der Waals surface area contributed by atoms with Crippen LogP contribution in [0.15, 0.2) is 30.6 Å². The molecular formula is C12H7Cl2N3S. The van der Waals surface area contributed by atoms with Crippen LogP contribution in [0.2, 0.25) is 10.0 Å². The van der Waals surface area contributed by atoms with Crippen molar-refractivity contribution in [2.45, 2.75) is 0 Å². The number of benzene rings is 1. The zero-order chi connectivity index (χ0) is 12.7. The molecule has 2 aromatic heterocycles. The lowest BCUT2D eigenvalue weighted by Crippen LogP contribution is -1.91. The minimum atomic E-state index is 0.455. The first-order chi connectivity index (χ1) is 8.66. The topological polar surface area (TPSA) is 51.8 Å². The molecule has 6 heteroatoms. The van der Waals surface area contributed by atoms with Crippen LogP contribution in [0.3, 0.4) is 0 Å². The van der Waals surface area contributed by atoms with Crippen LogP contribution in [0, 0.1) is 0 Å². The van der Waals surface area contributed by atoms with E-state index in [1.54, 1.807) is 24.5 Å². The van der Waals surface area contributed by atoms with Gasteiger partial charge in [0.1, 0.15) is 10.5 Å². The molecule has 0 saturated heterocycles. The maximum absolute atomic E-state index is 6.18. The van der Waals surface area contributed by atoms with Gasteiger partial charge < -0.3 is 5.73 Å². The van der Waals surface area contributed by atoms with E-state index in [1.807, 2.05) is 6.07 Å². The largest absolute Gasteiger partial charge is 0.397 e. The van der Waals surface area contributed by atoms with Gasteiger partial charge in [-0.05, 0) is 18.2 Å². The summed E-state index contributed by atoms with van der Waals surface area (Å²) in [6, 6.07) is 5.31. The van der Waals surface area contributed by atoms with E-state index in [0.717, 1.165) is 15.2 Å². The van der Waals surface area contributed by atoms with Crippen LogP contribution in [0.1, 0.15) is 0 Å². The molecule has 0 aliphatic heterocycles. The third-order valence-corrected chi connectivity index (χ3v) is 4.24. The summed E-state index contributed by atoms with van der Waals surface area (Å²) in [6.07, 6.45) is 3.44. The van der Waals surface area contributed by atoms with E-state index in [2.05, 4.69) is 9.97 Å². The van der Waals surface area contributed by atoms with Crippen molar-refractivity contribution in [2.75, 3.05) is 5.73 Å². The van der Waals surface area contributed by atoms with Crippen molar-refractivity contribution in [2.24, 2.45) is 0 Å². The van der Waals surface area contributed by atoms with Gasteiger partial charge in [-0.2, -0.15) is 0 Å². The summed E-state index contributed by atoms with van der Waals surface area (Å²) in [5.74, 6) is 0. The van der Waals surface area contributed by atoms with Crippen molar-refractivity contribution in [1.82, 2.24) is 9.97 Å². The Morgan fingerprint density at radius 2 is 1.89 bits per heavy atom. The summed E-state index contributed by atoms with van der Waals surface area (Å²) in [5, 5.41) is 1.78. The molecule has 2 N–H and O–H groups in total. The van der Waals surface area contributed by atoms with Gasteiger partial charge in [0.25, 0.3) is 0 Å². The minimum absolute atomic E-state index is 0.455. The van der Waals surface area contributed by atoms with E-state index in [9.17, 15) is 0 Å². The minimum Gasteiger partial charge on any atom is -0.397 e. The summed E-state index contributed by atoms with van der Waals surface area (Å²) in [4.78, 5) is 8.51. The third-order valence-electron chi connectivity index (χ3n) is 2.55. The average Bonchev–Trinajstić information content (AvgIpc) is 2.77. The van der Waals surface area contributed by atoms with Crippen molar-refractivity contribution in [1.29, 1.82) is 0 Å². The quantitative estimate of drug-likeness (QED) is 0.683. The highest BCUT2D eigenvalue weighted by Crippen LogP contribution is 2.40. The zero-order valence-electron chi connectivity index (χ0n) is 9.02. The van der Waals surface area contributed by atoms with Crippen molar-refractivity contribution in [3.63, 3.8) is 0 Å². The first-order valence-electron chi connectivity index (χ1n) is 5.11. The Labute approximate surface area is 117 Å². The van der Waals surface area contributed by atoms with Gasteiger partial charge in [-0.25, -0.2) is 4.98 Å². The normalized spacial score (nSPS) is 11.0. The number of halogens is 2. The van der Waals surface area contributed by atoms with Gasteiger partial charge in [-0.15, -0.1) is 11.3 Å². The Kier molecular flexibility index (Phi) is 2.86. The highest BCUT2D eigenvalue weighted by atomic mass is 35.5. The Morgan fingerprint density at radius 3 is 2.67 bits per heavy atom. The standard InChI is InChI=1S/C12H7Cl2N3S/c13-6-1-2-7(14)11(15)10(6)12-17-8-5-16-4-3-9(8)18-12/h1-5H,15H2. The molecule has 3 rings (SSSR count). The molecule has 3 aromatic rings. The van der Waals surface area contributed by atoms with Gasteiger partial charge >= 0.3 is 0 Å². The number of hydrogen-bond donors (Lipinski definition) is 1. The van der Waals surface area contributed by atoms with Crippen LogP contribution in [0.5, 0.6) is 0 Å². The summed E-state index contributed by atoms with van der Waals surface area (Å²) >= 11 is 13.7. The first-order valence-corrected chi connectivity index (χ1v) is 6.68. The van der Waals surface area contributed by atoms with Crippen molar-refractivity contribution in [3.8, 4) is 10.6 Å². The molecule has 0 amide bonds. The van der Waals surface area contributed by atoms with E-state index < -0.39 is 0 Å². The lowest BCUT2D eigenvalue weighted by Gasteiger charge is -2.06. The van der Waals surface area contributed by atoms with Crippen molar-refractivity contribution in [3.05, 3.63) is 40.6 Å². The van der Waals surface area contributed by atoms with Crippen LogP contribution in [0.25, 0.3) is 20.8 Å². The number of anilines is 1. The number of rotatable bonds is 1. The molecule has 0 radical (unpaired) electrons. The first kappa shape index (κ1) is 11.7. The Bertz CT molecular complexity index is 706. The Morgan fingerprint density at radius 1 is 1.11 bits per heavy atom. The molecule has 0 bridgehead atoms. The molecule has 3 nitrogen and oxygen atoms in total. The maximum atomic E-state index is 6.18. The molecular weight excluding hydrogens is 289 g/mol. The lowest BCUT2D eigenvalue weighted by atomic mass is 10.2. The number of nitrogens with two attached hydrogens (primary N) is 1. The molecule has 1 aromatic carbocycles. The monoisotopic (exact) mass is 295 g/mol. The lowest BCUT2D eigenvalue weighted by molar-refractivity contribution is 1.34. The molecule has 0 aliphatic carbocycles. The van der Waals surface area contributed by atoms with Gasteiger partial charge in [0.2, 0.25) is 0 Å². The molecule has 0 fully saturated rings. The van der Waals surface area contributed by atoms with Crippen LogP contribution in [-0.4, -0.2) is 9.97 Å². The highest BCUT2D eigenvalue weighted by molar-refractivity contribution is 7.21. The van der Waals surface area contributed by atoms with Gasteiger partial charge in [0, 0.05) is 6.20 Å². The Balaban J connectivity index is 2.29. The molecule has 0 spiro atoms. The number of hydrogen-bond acceptors (Lipinski definition) is 4. The molecule has 90 valence electrons. The van der Waals surface area contributed by atoms with Gasteiger partial charge in [-0.1, -0.05) is 23.2 Å². The predicted molar refractivity (Wildman–Crippen MR) is 77.3 cm³/mol. The van der Waals surface area contributed by atoms with E-state index in [0.29, 0.717) is 21.3 Å². The predicted octanol–water partition coefficient (Wildman–Crippen LogP) is 4.25. The summed E-state index contributed by atoms with van der Waals surface area (Å²) in [7, 11) is 0. The smallest absolute Gasteiger partial charge is 0.128 e. The van der Waals surface area contributed by atoms with Crippen molar-refractivity contribution < 1.29 is 0 Å². The average molecular weight is 296 g/mol. The molecule has 0 atom stereocenters. The number of fused-ring (bicyclic) bond motifs is 1. The number of nitrogen functional groups attached to an aromatic ring is 1. The van der Waals surface area contributed by atoms with E-state index in [4.69, 9.17) is 28.9 Å². The second kappa shape index (κ2) is 4.39. The highest BCUT2D eigenvalue weighted by Gasteiger charge is 2.15. The van der Waals surface area contributed by atoms with Crippen LogP contribution in [-0.2, 0) is 0 Å². The maximum Gasteiger partial charge on any atom is 0.128 e. The van der Waals surface area contributed by atoms with Crippen LogP contribution >= 0.6 is 34.5 Å². The van der Waals surface area contributed by atoms with E-state index in [1.165, 1.54) is 11.3 Å². The summed E-state index contributed by atoms with van der Waals surface area (Å²) in [6.45, 7) is 0. The second-order valence-electron chi connectivity index (χ2n) is 3.68. The number of aromatic nitrogens is 2. The van der Waals surface area contributed by atoms with Crippen LogP contribution < -0.4 is 5.73 Å². The number of pyridine rings is 1. The second-order valence-corrected chi connectivity index (χ2v) is 5.53. The van der Waals surface area contributed by atoms with Gasteiger partial charge in [0.05, 0.1) is 32.2 Å². The molecule has 18 heavy (non-hydrogen) atoms. The molecule has 0 saturated carbocycles. The Hall–Kier alpha value is -1.36. The van der Waals surface area contributed by atoms with Crippen molar-refractivity contribution >= 4 is 50.4 Å². The fourth-order valence-corrected chi connectivity index (χ4v) is 3.15. The molecule has 2 heterocycles. The van der Waals surface area contributed by atoms with Gasteiger partial charge in [0.15, 0.2) is 0 Å². The zero-order valence-corrected chi connectivity index (χ0v) is 11.4. The summed E-state index contributed by atoms with van der Waals surface area (Å²) < 4.78 is 1.04. The van der Waals surface area contributed by atoms with E-state index >= 15 is 0 Å².